The van der Waals surface area contributed by atoms with Gasteiger partial charge in [-0.3, -0.25) is 4.98 Å². The van der Waals surface area contributed by atoms with E-state index in [-0.39, 0.29) is 0 Å². The number of hydrogen-bond donors (Lipinski definition) is 1. The number of aliphatic hydroxyl groups is 1. The number of rotatable bonds is 2. The van der Waals surface area contributed by atoms with Gasteiger partial charge in [0.05, 0.1) is 5.60 Å². The van der Waals surface area contributed by atoms with Crippen LogP contribution in [0.1, 0.15) is 50.3 Å². The summed E-state index contributed by atoms with van der Waals surface area (Å²) in [7, 11) is 0. The first-order valence-electron chi connectivity index (χ1n) is 6.32. The molecule has 0 aromatic carbocycles. The first kappa shape index (κ1) is 11.6. The first-order chi connectivity index (χ1) is 7.66. The minimum Gasteiger partial charge on any atom is -0.385 e. The zero-order chi connectivity index (χ0) is 11.6. The van der Waals surface area contributed by atoms with Crippen LogP contribution in [0.25, 0.3) is 0 Å². The Kier molecular flexibility index (Phi) is 3.29. The maximum absolute atomic E-state index is 10.9. The highest BCUT2D eigenvalue weighted by atomic mass is 16.3. The van der Waals surface area contributed by atoms with Gasteiger partial charge < -0.3 is 5.11 Å². The van der Waals surface area contributed by atoms with Crippen LogP contribution in [0, 0.1) is 12.8 Å². The number of aryl methyl sites for hydroxylation is 1. The molecule has 2 atom stereocenters. The predicted octanol–water partition coefficient (Wildman–Crippen LogP) is 3.18. The molecule has 0 saturated heterocycles. The van der Waals surface area contributed by atoms with Crippen molar-refractivity contribution in [3.8, 4) is 0 Å². The summed E-state index contributed by atoms with van der Waals surface area (Å²) in [6, 6.07) is 4.03. The van der Waals surface area contributed by atoms with Crippen molar-refractivity contribution in [1.82, 2.24) is 4.98 Å². The molecule has 1 N–H and O–H groups in total. The van der Waals surface area contributed by atoms with Gasteiger partial charge in [0.1, 0.15) is 0 Å². The van der Waals surface area contributed by atoms with Gasteiger partial charge in [-0.2, -0.15) is 0 Å². The summed E-state index contributed by atoms with van der Waals surface area (Å²) in [6.45, 7) is 4.15. The van der Waals surface area contributed by atoms with Crippen molar-refractivity contribution in [2.45, 2.75) is 51.6 Å². The zero-order valence-corrected chi connectivity index (χ0v) is 10.2. The lowest BCUT2D eigenvalue weighted by molar-refractivity contribution is -0.0560. The number of aromatic nitrogens is 1. The highest BCUT2D eigenvalue weighted by Gasteiger charge is 2.39. The highest BCUT2D eigenvalue weighted by molar-refractivity contribution is 5.22. The molecule has 2 heteroatoms. The van der Waals surface area contributed by atoms with Gasteiger partial charge in [-0.25, -0.2) is 0 Å². The molecule has 0 amide bonds. The molecule has 1 aliphatic rings. The molecule has 1 aliphatic carbocycles. The number of hydrogen-bond acceptors (Lipinski definition) is 2. The Labute approximate surface area is 97.7 Å². The summed E-state index contributed by atoms with van der Waals surface area (Å²) in [5.41, 5.74) is 1.38. The lowest BCUT2D eigenvalue weighted by atomic mass is 9.71. The lowest BCUT2D eigenvalue weighted by Gasteiger charge is -2.40. The van der Waals surface area contributed by atoms with Gasteiger partial charge in [-0.15, -0.1) is 0 Å². The Balaban J connectivity index is 2.31. The third-order valence-electron chi connectivity index (χ3n) is 3.94. The molecule has 1 heterocycles. The van der Waals surface area contributed by atoms with E-state index in [4.69, 9.17) is 0 Å². The second-order valence-corrected chi connectivity index (χ2v) is 4.96. The van der Waals surface area contributed by atoms with Crippen LogP contribution in [-0.4, -0.2) is 10.1 Å². The minimum atomic E-state index is -0.631. The van der Waals surface area contributed by atoms with Crippen molar-refractivity contribution < 1.29 is 5.11 Å². The molecule has 2 rings (SSSR count). The smallest absolute Gasteiger partial charge is 0.0939 e. The van der Waals surface area contributed by atoms with E-state index in [2.05, 4.69) is 11.9 Å². The molecule has 2 unspecified atom stereocenters. The van der Waals surface area contributed by atoms with Gasteiger partial charge in [0.15, 0.2) is 0 Å². The van der Waals surface area contributed by atoms with Crippen molar-refractivity contribution in [2.75, 3.05) is 0 Å². The largest absolute Gasteiger partial charge is 0.385 e. The van der Waals surface area contributed by atoms with Crippen LogP contribution in [-0.2, 0) is 5.60 Å². The van der Waals surface area contributed by atoms with Crippen molar-refractivity contribution in [3.05, 3.63) is 29.6 Å². The maximum atomic E-state index is 10.9. The fourth-order valence-corrected chi connectivity index (χ4v) is 2.87. The molecule has 1 fully saturated rings. The predicted molar refractivity (Wildman–Crippen MR) is 65.1 cm³/mol. The summed E-state index contributed by atoms with van der Waals surface area (Å²) in [4.78, 5) is 4.31. The normalized spacial score (nSPS) is 30.3. The quantitative estimate of drug-likeness (QED) is 0.828. The molecule has 0 radical (unpaired) electrons. The fraction of sp³-hybridized carbons (Fsp3) is 0.643. The Morgan fingerprint density at radius 3 is 2.88 bits per heavy atom. The highest BCUT2D eigenvalue weighted by Crippen LogP contribution is 2.42. The van der Waals surface area contributed by atoms with Crippen LogP contribution in [0.4, 0.5) is 0 Å². The molecule has 1 aromatic heterocycles. The van der Waals surface area contributed by atoms with Crippen LogP contribution in [0.2, 0.25) is 0 Å². The van der Waals surface area contributed by atoms with E-state index in [9.17, 15) is 5.11 Å². The summed E-state index contributed by atoms with van der Waals surface area (Å²) in [5, 5.41) is 10.9. The first-order valence-corrected chi connectivity index (χ1v) is 6.32. The molecular formula is C14H21NO. The van der Waals surface area contributed by atoms with Gasteiger partial charge in [-0.05, 0) is 31.7 Å². The van der Waals surface area contributed by atoms with Crippen molar-refractivity contribution in [3.63, 3.8) is 0 Å². The van der Waals surface area contributed by atoms with E-state index >= 15 is 0 Å². The SMILES string of the molecule is CCC1CCCCC1(O)c1ccc(C)nc1. The zero-order valence-electron chi connectivity index (χ0n) is 10.2. The molecule has 0 bridgehead atoms. The topological polar surface area (TPSA) is 33.1 Å². The summed E-state index contributed by atoms with van der Waals surface area (Å²) >= 11 is 0. The second kappa shape index (κ2) is 4.54. The average Bonchev–Trinajstić information content (AvgIpc) is 2.30. The molecule has 0 aliphatic heterocycles. The fourth-order valence-electron chi connectivity index (χ4n) is 2.87. The Hall–Kier alpha value is -0.890. The molecule has 1 aromatic rings. The van der Waals surface area contributed by atoms with Gasteiger partial charge in [-0.1, -0.05) is 32.3 Å². The van der Waals surface area contributed by atoms with Crippen molar-refractivity contribution in [1.29, 1.82) is 0 Å². The van der Waals surface area contributed by atoms with Crippen LogP contribution in [0.15, 0.2) is 18.3 Å². The minimum absolute atomic E-state index is 0.394. The summed E-state index contributed by atoms with van der Waals surface area (Å²) < 4.78 is 0. The molecule has 0 spiro atoms. The molecular weight excluding hydrogens is 198 g/mol. The van der Waals surface area contributed by atoms with Crippen LogP contribution in [0.3, 0.4) is 0 Å². The molecule has 2 nitrogen and oxygen atoms in total. The molecule has 1 saturated carbocycles. The summed E-state index contributed by atoms with van der Waals surface area (Å²) in [5.74, 6) is 0.394. The van der Waals surface area contributed by atoms with Crippen LogP contribution >= 0.6 is 0 Å². The number of nitrogens with zero attached hydrogens (tertiary/aromatic N) is 1. The van der Waals surface area contributed by atoms with E-state index in [1.165, 1.54) is 6.42 Å². The van der Waals surface area contributed by atoms with E-state index in [0.29, 0.717) is 5.92 Å². The molecule has 16 heavy (non-hydrogen) atoms. The van der Waals surface area contributed by atoms with Gasteiger partial charge >= 0.3 is 0 Å². The lowest BCUT2D eigenvalue weighted by Crippen LogP contribution is -2.37. The van der Waals surface area contributed by atoms with Gasteiger partial charge in [0.2, 0.25) is 0 Å². The number of pyridine rings is 1. The van der Waals surface area contributed by atoms with Crippen LogP contribution in [0.5, 0.6) is 0 Å². The van der Waals surface area contributed by atoms with Crippen molar-refractivity contribution in [2.24, 2.45) is 5.92 Å². The third-order valence-corrected chi connectivity index (χ3v) is 3.94. The molecule has 88 valence electrons. The Morgan fingerprint density at radius 2 is 2.25 bits per heavy atom. The third kappa shape index (κ3) is 1.99. The standard InChI is InChI=1S/C14H21NO/c1-3-12-6-4-5-9-14(12,16)13-8-7-11(2)15-10-13/h7-8,10,12,16H,3-6,9H2,1-2H3. The Bertz CT molecular complexity index is 346. The monoisotopic (exact) mass is 219 g/mol. The van der Waals surface area contributed by atoms with E-state index in [1.54, 1.807) is 0 Å². The maximum Gasteiger partial charge on any atom is 0.0939 e. The second-order valence-electron chi connectivity index (χ2n) is 4.96. The van der Waals surface area contributed by atoms with Crippen molar-refractivity contribution >= 4 is 0 Å². The summed E-state index contributed by atoms with van der Waals surface area (Å²) in [6.07, 6.45) is 7.30. The van der Waals surface area contributed by atoms with Gasteiger partial charge in [0.25, 0.3) is 0 Å². The van der Waals surface area contributed by atoms with E-state index < -0.39 is 5.60 Å². The van der Waals surface area contributed by atoms with Gasteiger partial charge in [0, 0.05) is 17.5 Å². The van der Waals surface area contributed by atoms with E-state index in [1.807, 2.05) is 25.3 Å². The van der Waals surface area contributed by atoms with Crippen LogP contribution < -0.4 is 0 Å². The Morgan fingerprint density at radius 1 is 1.44 bits per heavy atom. The average molecular weight is 219 g/mol. The van der Waals surface area contributed by atoms with E-state index in [0.717, 1.165) is 36.9 Å².